The molecule has 0 fully saturated rings. The molecule has 1 unspecified atom stereocenters. The van der Waals surface area contributed by atoms with E-state index in [1.54, 1.807) is 0 Å². The molecule has 3 rings (SSSR count). The number of benzene rings is 3. The molecule has 0 aliphatic heterocycles. The number of hydrogen-bond donors (Lipinski definition) is 0. The van der Waals surface area contributed by atoms with E-state index in [0.29, 0.717) is 0 Å². The first kappa shape index (κ1) is 18.4. The second-order valence-corrected chi connectivity index (χ2v) is 6.75. The van der Waals surface area contributed by atoms with Crippen molar-refractivity contribution in [2.75, 3.05) is 6.61 Å². The molecular formula is C25H28O. The van der Waals surface area contributed by atoms with Crippen LogP contribution in [-0.2, 0) is 4.74 Å². The molecule has 0 heterocycles. The Bertz CT molecular complexity index is 790. The van der Waals surface area contributed by atoms with Gasteiger partial charge in [-0.2, -0.15) is 0 Å². The van der Waals surface area contributed by atoms with Gasteiger partial charge in [0.15, 0.2) is 0 Å². The van der Waals surface area contributed by atoms with Crippen LogP contribution in [0.2, 0.25) is 0 Å². The van der Waals surface area contributed by atoms with Crippen LogP contribution in [0.25, 0.3) is 22.3 Å². The summed E-state index contributed by atoms with van der Waals surface area (Å²) in [4.78, 5) is 0. The van der Waals surface area contributed by atoms with Gasteiger partial charge in [-0.25, -0.2) is 0 Å². The van der Waals surface area contributed by atoms with Gasteiger partial charge in [0.25, 0.3) is 0 Å². The Labute approximate surface area is 157 Å². The molecule has 1 heteroatoms. The number of unbranched alkanes of at least 4 members (excludes halogenated alkanes) is 2. The summed E-state index contributed by atoms with van der Waals surface area (Å²) in [5.41, 5.74) is 6.26. The Kier molecular flexibility index (Phi) is 6.62. The molecule has 0 saturated heterocycles. The van der Waals surface area contributed by atoms with E-state index in [-0.39, 0.29) is 6.10 Å². The van der Waals surface area contributed by atoms with Gasteiger partial charge in [-0.3, -0.25) is 0 Å². The molecule has 3 aromatic rings. The highest BCUT2D eigenvalue weighted by Gasteiger charge is 2.09. The van der Waals surface area contributed by atoms with E-state index in [1.807, 2.05) is 0 Å². The smallest absolute Gasteiger partial charge is 0.0796 e. The molecule has 0 aliphatic rings. The molecule has 0 aromatic heterocycles. The molecule has 0 saturated carbocycles. The third-order valence-corrected chi connectivity index (χ3v) is 4.82. The standard InChI is InChI=1S/C25H28O/c1-3-4-10-19-26-20(2)21-15-17-23(18-16-21)25-14-9-8-13-24(25)22-11-6-5-7-12-22/h5-9,11-18,20H,3-4,10,19H2,1-2H3. The van der Waals surface area contributed by atoms with Crippen molar-refractivity contribution in [3.05, 3.63) is 84.4 Å². The van der Waals surface area contributed by atoms with Crippen molar-refractivity contribution in [3.63, 3.8) is 0 Å². The molecule has 0 radical (unpaired) electrons. The molecule has 0 aliphatic carbocycles. The van der Waals surface area contributed by atoms with E-state index in [4.69, 9.17) is 4.74 Å². The molecule has 0 spiro atoms. The first-order chi connectivity index (χ1) is 12.8. The van der Waals surface area contributed by atoms with Crippen LogP contribution in [0.3, 0.4) is 0 Å². The first-order valence-electron chi connectivity index (χ1n) is 9.66. The van der Waals surface area contributed by atoms with Gasteiger partial charge >= 0.3 is 0 Å². The Balaban J connectivity index is 1.77. The summed E-state index contributed by atoms with van der Waals surface area (Å²) in [5, 5.41) is 0. The minimum absolute atomic E-state index is 0.144. The van der Waals surface area contributed by atoms with Gasteiger partial charge in [0.2, 0.25) is 0 Å². The van der Waals surface area contributed by atoms with Crippen LogP contribution in [0.4, 0.5) is 0 Å². The lowest BCUT2D eigenvalue weighted by atomic mass is 9.94. The maximum atomic E-state index is 5.97. The minimum Gasteiger partial charge on any atom is -0.374 e. The zero-order valence-electron chi connectivity index (χ0n) is 15.8. The summed E-state index contributed by atoms with van der Waals surface area (Å²) in [7, 11) is 0. The lowest BCUT2D eigenvalue weighted by Gasteiger charge is -2.15. The first-order valence-corrected chi connectivity index (χ1v) is 9.66. The highest BCUT2D eigenvalue weighted by molar-refractivity contribution is 5.83. The zero-order chi connectivity index (χ0) is 18.2. The topological polar surface area (TPSA) is 9.23 Å². The maximum Gasteiger partial charge on any atom is 0.0796 e. The SMILES string of the molecule is CCCCCOC(C)c1ccc(-c2ccccc2-c2ccccc2)cc1. The van der Waals surface area contributed by atoms with E-state index < -0.39 is 0 Å². The molecule has 1 atom stereocenters. The van der Waals surface area contributed by atoms with E-state index in [9.17, 15) is 0 Å². The molecule has 134 valence electrons. The van der Waals surface area contributed by atoms with Crippen LogP contribution in [0.5, 0.6) is 0 Å². The number of ether oxygens (including phenoxy) is 1. The predicted molar refractivity (Wildman–Crippen MR) is 111 cm³/mol. The average molecular weight is 344 g/mol. The molecule has 1 nitrogen and oxygen atoms in total. The summed E-state index contributed by atoms with van der Waals surface area (Å²) < 4.78 is 5.97. The van der Waals surface area contributed by atoms with Crippen LogP contribution >= 0.6 is 0 Å². The van der Waals surface area contributed by atoms with Crippen molar-refractivity contribution in [2.24, 2.45) is 0 Å². The summed E-state index contributed by atoms with van der Waals surface area (Å²) in [6.07, 6.45) is 3.75. The van der Waals surface area contributed by atoms with E-state index in [1.165, 1.54) is 40.7 Å². The molecular weight excluding hydrogens is 316 g/mol. The van der Waals surface area contributed by atoms with Crippen molar-refractivity contribution >= 4 is 0 Å². The summed E-state index contributed by atoms with van der Waals surface area (Å²) in [5.74, 6) is 0. The monoisotopic (exact) mass is 344 g/mol. The van der Waals surface area contributed by atoms with Gasteiger partial charge < -0.3 is 4.74 Å². The lowest BCUT2D eigenvalue weighted by Crippen LogP contribution is -2.01. The maximum absolute atomic E-state index is 5.97. The van der Waals surface area contributed by atoms with Gasteiger partial charge in [0, 0.05) is 6.61 Å². The highest BCUT2D eigenvalue weighted by Crippen LogP contribution is 2.32. The minimum atomic E-state index is 0.144. The Hall–Kier alpha value is -2.38. The Morgan fingerprint density at radius 2 is 1.27 bits per heavy atom. The number of rotatable bonds is 8. The molecule has 0 N–H and O–H groups in total. The Morgan fingerprint density at radius 3 is 1.88 bits per heavy atom. The summed E-state index contributed by atoms with van der Waals surface area (Å²) >= 11 is 0. The van der Waals surface area contributed by atoms with Crippen LogP contribution in [0.15, 0.2) is 78.9 Å². The zero-order valence-corrected chi connectivity index (χ0v) is 15.8. The van der Waals surface area contributed by atoms with E-state index in [0.717, 1.165) is 13.0 Å². The average Bonchev–Trinajstić information content (AvgIpc) is 2.72. The van der Waals surface area contributed by atoms with Crippen molar-refractivity contribution in [3.8, 4) is 22.3 Å². The summed E-state index contributed by atoms with van der Waals surface area (Å²) in [6, 6.07) is 28.0. The van der Waals surface area contributed by atoms with E-state index in [2.05, 4.69) is 92.7 Å². The quantitative estimate of drug-likeness (QED) is 0.390. The molecule has 3 aromatic carbocycles. The van der Waals surface area contributed by atoms with Gasteiger partial charge in [-0.05, 0) is 41.2 Å². The fourth-order valence-corrected chi connectivity index (χ4v) is 3.25. The molecule has 0 bridgehead atoms. The molecule has 26 heavy (non-hydrogen) atoms. The fourth-order valence-electron chi connectivity index (χ4n) is 3.25. The molecule has 0 amide bonds. The third kappa shape index (κ3) is 4.62. The van der Waals surface area contributed by atoms with Crippen molar-refractivity contribution in [1.82, 2.24) is 0 Å². The van der Waals surface area contributed by atoms with Crippen LogP contribution in [0.1, 0.15) is 44.8 Å². The second kappa shape index (κ2) is 9.35. The highest BCUT2D eigenvalue weighted by atomic mass is 16.5. The lowest BCUT2D eigenvalue weighted by molar-refractivity contribution is 0.0630. The van der Waals surface area contributed by atoms with Crippen molar-refractivity contribution < 1.29 is 4.74 Å². The normalized spacial score (nSPS) is 12.1. The summed E-state index contributed by atoms with van der Waals surface area (Å²) in [6.45, 7) is 5.20. The van der Waals surface area contributed by atoms with Gasteiger partial charge in [0.1, 0.15) is 0 Å². The van der Waals surface area contributed by atoms with Gasteiger partial charge in [-0.1, -0.05) is 98.6 Å². The van der Waals surface area contributed by atoms with Crippen LogP contribution in [-0.4, -0.2) is 6.61 Å². The second-order valence-electron chi connectivity index (χ2n) is 6.75. The van der Waals surface area contributed by atoms with Crippen molar-refractivity contribution in [1.29, 1.82) is 0 Å². The third-order valence-electron chi connectivity index (χ3n) is 4.82. The van der Waals surface area contributed by atoms with E-state index >= 15 is 0 Å². The van der Waals surface area contributed by atoms with Crippen LogP contribution in [0, 0.1) is 0 Å². The number of hydrogen-bond acceptors (Lipinski definition) is 1. The van der Waals surface area contributed by atoms with Crippen LogP contribution < -0.4 is 0 Å². The largest absolute Gasteiger partial charge is 0.374 e. The predicted octanol–water partition coefficient (Wildman–Crippen LogP) is 7.29. The van der Waals surface area contributed by atoms with Gasteiger partial charge in [0.05, 0.1) is 6.10 Å². The Morgan fingerprint density at radius 1 is 0.692 bits per heavy atom. The fraction of sp³-hybridized carbons (Fsp3) is 0.280. The van der Waals surface area contributed by atoms with Crippen molar-refractivity contribution in [2.45, 2.75) is 39.2 Å². The van der Waals surface area contributed by atoms with Gasteiger partial charge in [-0.15, -0.1) is 0 Å².